The molecule has 1 aliphatic rings. The zero-order valence-electron chi connectivity index (χ0n) is 12.0. The largest absolute Gasteiger partial charge is 0.486 e. The minimum Gasteiger partial charge on any atom is -0.486 e. The molecule has 0 saturated carbocycles. The Morgan fingerprint density at radius 3 is 2.45 bits per heavy atom. The first-order valence-electron chi connectivity index (χ1n) is 7.10. The van der Waals surface area contributed by atoms with E-state index in [0.29, 0.717) is 25.5 Å². The number of amides is 1. The Morgan fingerprint density at radius 1 is 1.00 bits per heavy atom. The summed E-state index contributed by atoms with van der Waals surface area (Å²) in [6.07, 6.45) is 0.227. The summed E-state index contributed by atoms with van der Waals surface area (Å²) in [7, 11) is 0. The molecule has 0 unspecified atom stereocenters. The molecule has 1 heterocycles. The third-order valence-corrected chi connectivity index (χ3v) is 3.37. The van der Waals surface area contributed by atoms with Gasteiger partial charge in [-0.2, -0.15) is 0 Å². The molecule has 2 aromatic carbocycles. The Kier molecular flexibility index (Phi) is 4.23. The van der Waals surface area contributed by atoms with E-state index in [9.17, 15) is 9.18 Å². The summed E-state index contributed by atoms with van der Waals surface area (Å²) < 4.78 is 23.8. The SMILES string of the molecule is O=C(Cc1ccc(F)cc1)NCc1ccc2c(c1)OCCO2. The topological polar surface area (TPSA) is 47.6 Å². The zero-order chi connectivity index (χ0) is 15.4. The van der Waals surface area contributed by atoms with E-state index in [4.69, 9.17) is 9.47 Å². The van der Waals surface area contributed by atoms with E-state index in [1.807, 2.05) is 18.2 Å². The van der Waals surface area contributed by atoms with Gasteiger partial charge < -0.3 is 14.8 Å². The molecule has 0 spiro atoms. The van der Waals surface area contributed by atoms with Crippen LogP contribution in [-0.4, -0.2) is 19.1 Å². The standard InChI is InChI=1S/C17H16FNO3/c18-14-4-1-12(2-5-14)10-17(20)19-11-13-3-6-15-16(9-13)22-8-7-21-15/h1-6,9H,7-8,10-11H2,(H,19,20). The summed E-state index contributed by atoms with van der Waals surface area (Å²) in [5, 5.41) is 2.84. The Balaban J connectivity index is 1.55. The van der Waals surface area contributed by atoms with E-state index in [1.54, 1.807) is 12.1 Å². The lowest BCUT2D eigenvalue weighted by Gasteiger charge is -2.19. The molecule has 1 aliphatic heterocycles. The first-order chi connectivity index (χ1) is 10.7. The van der Waals surface area contributed by atoms with Gasteiger partial charge in [-0.1, -0.05) is 18.2 Å². The predicted octanol–water partition coefficient (Wildman–Crippen LogP) is 2.46. The van der Waals surface area contributed by atoms with Crippen molar-refractivity contribution < 1.29 is 18.7 Å². The van der Waals surface area contributed by atoms with Crippen molar-refractivity contribution in [1.82, 2.24) is 5.32 Å². The number of rotatable bonds is 4. The fourth-order valence-corrected chi connectivity index (χ4v) is 2.25. The molecule has 0 atom stereocenters. The van der Waals surface area contributed by atoms with Gasteiger partial charge in [-0.25, -0.2) is 4.39 Å². The Morgan fingerprint density at radius 2 is 1.68 bits per heavy atom. The Hall–Kier alpha value is -2.56. The molecule has 0 saturated heterocycles. The summed E-state index contributed by atoms with van der Waals surface area (Å²) in [5.74, 6) is 1.02. The van der Waals surface area contributed by atoms with Crippen LogP contribution in [0.2, 0.25) is 0 Å². The number of hydrogen-bond acceptors (Lipinski definition) is 3. The predicted molar refractivity (Wildman–Crippen MR) is 79.4 cm³/mol. The third kappa shape index (κ3) is 3.55. The molecule has 0 aliphatic carbocycles. The highest BCUT2D eigenvalue weighted by molar-refractivity contribution is 5.78. The number of hydrogen-bond donors (Lipinski definition) is 1. The van der Waals surface area contributed by atoms with Crippen LogP contribution in [0.3, 0.4) is 0 Å². The lowest BCUT2D eigenvalue weighted by molar-refractivity contribution is -0.120. The fourth-order valence-electron chi connectivity index (χ4n) is 2.25. The number of halogens is 1. The van der Waals surface area contributed by atoms with E-state index in [1.165, 1.54) is 12.1 Å². The van der Waals surface area contributed by atoms with Gasteiger partial charge in [0.2, 0.25) is 5.91 Å². The van der Waals surface area contributed by atoms with E-state index < -0.39 is 0 Å². The molecular weight excluding hydrogens is 285 g/mol. The number of ether oxygens (including phenoxy) is 2. The van der Waals surface area contributed by atoms with Gasteiger partial charge in [-0.05, 0) is 35.4 Å². The molecular formula is C17H16FNO3. The van der Waals surface area contributed by atoms with Crippen molar-refractivity contribution in [2.24, 2.45) is 0 Å². The van der Waals surface area contributed by atoms with Crippen molar-refractivity contribution in [2.75, 3.05) is 13.2 Å². The molecule has 5 heteroatoms. The number of carbonyl (C=O) groups excluding carboxylic acids is 1. The normalized spacial score (nSPS) is 12.8. The zero-order valence-corrected chi connectivity index (χ0v) is 12.0. The lowest BCUT2D eigenvalue weighted by atomic mass is 10.1. The second-order valence-corrected chi connectivity index (χ2v) is 5.06. The maximum absolute atomic E-state index is 12.8. The van der Waals surface area contributed by atoms with Crippen molar-refractivity contribution in [2.45, 2.75) is 13.0 Å². The van der Waals surface area contributed by atoms with Crippen LogP contribution in [-0.2, 0) is 17.8 Å². The van der Waals surface area contributed by atoms with Crippen LogP contribution in [0.4, 0.5) is 4.39 Å². The second-order valence-electron chi connectivity index (χ2n) is 5.06. The van der Waals surface area contributed by atoms with Gasteiger partial charge in [-0.15, -0.1) is 0 Å². The van der Waals surface area contributed by atoms with Gasteiger partial charge in [0.25, 0.3) is 0 Å². The molecule has 1 amide bonds. The molecule has 4 nitrogen and oxygen atoms in total. The van der Waals surface area contributed by atoms with E-state index in [0.717, 1.165) is 16.9 Å². The maximum atomic E-state index is 12.8. The molecule has 0 fully saturated rings. The van der Waals surface area contributed by atoms with E-state index in [-0.39, 0.29) is 18.1 Å². The maximum Gasteiger partial charge on any atom is 0.224 e. The van der Waals surface area contributed by atoms with Gasteiger partial charge in [0.1, 0.15) is 19.0 Å². The molecule has 2 aromatic rings. The van der Waals surface area contributed by atoms with E-state index >= 15 is 0 Å². The van der Waals surface area contributed by atoms with Gasteiger partial charge in [0, 0.05) is 6.54 Å². The van der Waals surface area contributed by atoms with Crippen molar-refractivity contribution in [3.05, 3.63) is 59.4 Å². The number of carbonyl (C=O) groups is 1. The summed E-state index contributed by atoms with van der Waals surface area (Å²) in [6, 6.07) is 11.5. The van der Waals surface area contributed by atoms with Gasteiger partial charge in [0.05, 0.1) is 6.42 Å². The highest BCUT2D eigenvalue weighted by atomic mass is 19.1. The first kappa shape index (κ1) is 14.4. The van der Waals surface area contributed by atoms with Crippen LogP contribution in [0, 0.1) is 5.82 Å². The molecule has 1 N–H and O–H groups in total. The minimum atomic E-state index is -0.305. The highest BCUT2D eigenvalue weighted by Gasteiger charge is 2.12. The first-order valence-corrected chi connectivity index (χ1v) is 7.10. The van der Waals surface area contributed by atoms with Crippen LogP contribution in [0.5, 0.6) is 11.5 Å². The highest BCUT2D eigenvalue weighted by Crippen LogP contribution is 2.30. The lowest BCUT2D eigenvalue weighted by Crippen LogP contribution is -2.24. The Bertz CT molecular complexity index is 670. The third-order valence-electron chi connectivity index (χ3n) is 3.37. The smallest absolute Gasteiger partial charge is 0.224 e. The number of nitrogens with one attached hydrogen (secondary N) is 1. The van der Waals surface area contributed by atoms with Gasteiger partial charge in [-0.3, -0.25) is 4.79 Å². The van der Waals surface area contributed by atoms with Crippen LogP contribution >= 0.6 is 0 Å². The Labute approximate surface area is 127 Å². The second kappa shape index (κ2) is 6.47. The van der Waals surface area contributed by atoms with Crippen molar-refractivity contribution >= 4 is 5.91 Å². The fraction of sp³-hybridized carbons (Fsp3) is 0.235. The minimum absolute atomic E-state index is 0.110. The average molecular weight is 301 g/mol. The molecule has 22 heavy (non-hydrogen) atoms. The van der Waals surface area contributed by atoms with Gasteiger partial charge in [0.15, 0.2) is 11.5 Å². The van der Waals surface area contributed by atoms with Crippen molar-refractivity contribution in [3.8, 4) is 11.5 Å². The van der Waals surface area contributed by atoms with E-state index in [2.05, 4.69) is 5.32 Å². The molecule has 0 bridgehead atoms. The van der Waals surface area contributed by atoms with Crippen LogP contribution in [0.25, 0.3) is 0 Å². The average Bonchev–Trinajstić information content (AvgIpc) is 2.55. The van der Waals surface area contributed by atoms with Crippen molar-refractivity contribution in [3.63, 3.8) is 0 Å². The summed E-state index contributed by atoms with van der Waals surface area (Å²) in [6.45, 7) is 1.50. The number of benzene rings is 2. The summed E-state index contributed by atoms with van der Waals surface area (Å²) >= 11 is 0. The number of fused-ring (bicyclic) bond motifs is 1. The quantitative estimate of drug-likeness (QED) is 0.943. The molecule has 3 rings (SSSR count). The van der Waals surface area contributed by atoms with Crippen LogP contribution in [0.1, 0.15) is 11.1 Å². The molecule has 114 valence electrons. The van der Waals surface area contributed by atoms with Crippen LogP contribution in [0.15, 0.2) is 42.5 Å². The summed E-state index contributed by atoms with van der Waals surface area (Å²) in [5.41, 5.74) is 1.72. The molecule has 0 aromatic heterocycles. The van der Waals surface area contributed by atoms with Crippen LogP contribution < -0.4 is 14.8 Å². The monoisotopic (exact) mass is 301 g/mol. The van der Waals surface area contributed by atoms with Crippen molar-refractivity contribution in [1.29, 1.82) is 0 Å². The molecule has 0 radical (unpaired) electrons. The van der Waals surface area contributed by atoms with Gasteiger partial charge >= 0.3 is 0 Å². The summed E-state index contributed by atoms with van der Waals surface area (Å²) in [4.78, 5) is 11.9.